The molecule has 0 aliphatic carbocycles. The van der Waals surface area contributed by atoms with Crippen LogP contribution in [0.4, 0.5) is 11.5 Å². The molecule has 6 heteroatoms. The molecule has 0 amide bonds. The molecule has 0 spiro atoms. The van der Waals surface area contributed by atoms with Gasteiger partial charge in [0.2, 0.25) is 5.82 Å². The van der Waals surface area contributed by atoms with Gasteiger partial charge in [0.25, 0.3) is 0 Å². The lowest BCUT2D eigenvalue weighted by Crippen LogP contribution is -2.28. The zero-order valence-corrected chi connectivity index (χ0v) is 11.3. The monoisotopic (exact) mass is 299 g/mol. The second kappa shape index (κ2) is 4.60. The van der Waals surface area contributed by atoms with Crippen molar-refractivity contribution in [3.63, 3.8) is 0 Å². The Hall–Kier alpha value is -1.17. The minimum absolute atomic E-state index is 0.0697. The molecule has 2 heterocycles. The minimum Gasteiger partial charge on any atom is -0.348 e. The lowest BCUT2D eigenvalue weighted by Gasteiger charge is -2.22. The smallest absolute Gasteiger partial charge is 0.312 e. The van der Waals surface area contributed by atoms with E-state index in [9.17, 15) is 10.1 Å². The van der Waals surface area contributed by atoms with Crippen molar-refractivity contribution in [3.05, 3.63) is 26.9 Å². The van der Waals surface area contributed by atoms with Crippen LogP contribution in [0.5, 0.6) is 0 Å². The number of aromatic nitrogens is 1. The van der Waals surface area contributed by atoms with E-state index in [0.29, 0.717) is 22.3 Å². The predicted molar refractivity (Wildman–Crippen MR) is 69.2 cm³/mol. The van der Waals surface area contributed by atoms with Crippen LogP contribution >= 0.6 is 15.9 Å². The Bertz CT molecular complexity index is 452. The number of hydrogen-bond donors (Lipinski definition) is 0. The fourth-order valence-electron chi connectivity index (χ4n) is 2.37. The molecule has 0 saturated carbocycles. The SMILES string of the molecule is CC1CC(C)N(c2ncc(Br)cc2[N+](=O)[O-])C1. The first-order valence-electron chi connectivity index (χ1n) is 5.55. The molecule has 1 aromatic heterocycles. The van der Waals surface area contributed by atoms with Crippen molar-refractivity contribution in [2.75, 3.05) is 11.4 Å². The number of halogens is 1. The van der Waals surface area contributed by atoms with Gasteiger partial charge in [0.05, 0.1) is 4.92 Å². The standard InChI is InChI=1S/C11H14BrN3O2/c1-7-3-8(2)14(6-7)11-10(15(16)17)4-9(12)5-13-11/h4-5,7-8H,3,6H2,1-2H3. The van der Waals surface area contributed by atoms with Crippen molar-refractivity contribution < 1.29 is 4.92 Å². The van der Waals surface area contributed by atoms with Crippen LogP contribution in [0, 0.1) is 16.0 Å². The van der Waals surface area contributed by atoms with Crippen molar-refractivity contribution in [2.45, 2.75) is 26.3 Å². The third kappa shape index (κ3) is 2.41. The van der Waals surface area contributed by atoms with Gasteiger partial charge in [-0.1, -0.05) is 6.92 Å². The Labute approximate surface area is 108 Å². The van der Waals surface area contributed by atoms with E-state index >= 15 is 0 Å². The van der Waals surface area contributed by atoms with Gasteiger partial charge in [-0.15, -0.1) is 0 Å². The van der Waals surface area contributed by atoms with Gasteiger partial charge in [0.15, 0.2) is 0 Å². The van der Waals surface area contributed by atoms with Crippen molar-refractivity contribution in [2.24, 2.45) is 5.92 Å². The summed E-state index contributed by atoms with van der Waals surface area (Å²) in [7, 11) is 0. The number of anilines is 1. The van der Waals surface area contributed by atoms with Crippen LogP contribution in [0.25, 0.3) is 0 Å². The minimum atomic E-state index is -0.372. The summed E-state index contributed by atoms with van der Waals surface area (Å²) < 4.78 is 0.632. The second-order valence-corrected chi connectivity index (χ2v) is 5.51. The van der Waals surface area contributed by atoms with Crippen LogP contribution in [0.3, 0.4) is 0 Å². The predicted octanol–water partition coefficient (Wildman–Crippen LogP) is 2.99. The van der Waals surface area contributed by atoms with Crippen LogP contribution in [0.2, 0.25) is 0 Å². The third-order valence-electron chi connectivity index (χ3n) is 3.07. The summed E-state index contributed by atoms with van der Waals surface area (Å²) in [6, 6.07) is 1.82. The number of rotatable bonds is 2. The molecule has 92 valence electrons. The van der Waals surface area contributed by atoms with E-state index in [4.69, 9.17) is 0 Å². The van der Waals surface area contributed by atoms with Gasteiger partial charge in [0.1, 0.15) is 0 Å². The maximum Gasteiger partial charge on any atom is 0.312 e. The number of pyridine rings is 1. The van der Waals surface area contributed by atoms with Gasteiger partial charge in [0, 0.05) is 29.3 Å². The molecule has 1 aliphatic rings. The van der Waals surface area contributed by atoms with Crippen LogP contribution in [-0.4, -0.2) is 22.5 Å². The van der Waals surface area contributed by atoms with Crippen molar-refractivity contribution in [1.82, 2.24) is 4.98 Å². The highest BCUT2D eigenvalue weighted by Crippen LogP contribution is 2.34. The summed E-state index contributed by atoms with van der Waals surface area (Å²) in [6.07, 6.45) is 2.66. The topological polar surface area (TPSA) is 59.3 Å². The van der Waals surface area contributed by atoms with E-state index < -0.39 is 0 Å². The summed E-state index contributed by atoms with van der Waals surface area (Å²) in [5, 5.41) is 11.0. The molecule has 2 rings (SSSR count). The highest BCUT2D eigenvalue weighted by atomic mass is 79.9. The van der Waals surface area contributed by atoms with Crippen molar-refractivity contribution in [3.8, 4) is 0 Å². The second-order valence-electron chi connectivity index (χ2n) is 4.60. The molecule has 1 aromatic rings. The maximum atomic E-state index is 11.0. The third-order valence-corrected chi connectivity index (χ3v) is 3.50. The molecule has 1 saturated heterocycles. The Morgan fingerprint density at radius 1 is 1.59 bits per heavy atom. The first-order valence-corrected chi connectivity index (χ1v) is 6.35. The van der Waals surface area contributed by atoms with E-state index in [1.807, 2.05) is 4.90 Å². The molecule has 2 atom stereocenters. The summed E-state index contributed by atoms with van der Waals surface area (Å²) in [5.41, 5.74) is 0.0697. The number of hydrogen-bond acceptors (Lipinski definition) is 4. The molecule has 5 nitrogen and oxygen atoms in total. The first-order chi connectivity index (χ1) is 7.99. The average molecular weight is 300 g/mol. The molecule has 0 radical (unpaired) electrons. The summed E-state index contributed by atoms with van der Waals surface area (Å²) in [6.45, 7) is 5.06. The molecule has 0 N–H and O–H groups in total. The highest BCUT2D eigenvalue weighted by Gasteiger charge is 2.31. The Morgan fingerprint density at radius 2 is 2.29 bits per heavy atom. The van der Waals surface area contributed by atoms with Gasteiger partial charge in [-0.25, -0.2) is 4.98 Å². The van der Waals surface area contributed by atoms with Crippen molar-refractivity contribution in [1.29, 1.82) is 0 Å². The van der Waals surface area contributed by atoms with E-state index in [1.54, 1.807) is 6.20 Å². The first kappa shape index (κ1) is 12.3. The Balaban J connectivity index is 2.41. The van der Waals surface area contributed by atoms with Crippen LogP contribution < -0.4 is 4.90 Å². The maximum absolute atomic E-state index is 11.0. The molecule has 1 fully saturated rings. The quantitative estimate of drug-likeness (QED) is 0.622. The zero-order chi connectivity index (χ0) is 12.6. The van der Waals surface area contributed by atoms with Gasteiger partial charge in [-0.3, -0.25) is 10.1 Å². The van der Waals surface area contributed by atoms with Crippen molar-refractivity contribution >= 4 is 27.4 Å². The Morgan fingerprint density at radius 3 is 2.82 bits per heavy atom. The molecule has 0 bridgehead atoms. The largest absolute Gasteiger partial charge is 0.348 e. The number of nitrogens with zero attached hydrogens (tertiary/aromatic N) is 3. The van der Waals surface area contributed by atoms with E-state index in [-0.39, 0.29) is 10.6 Å². The zero-order valence-electron chi connectivity index (χ0n) is 9.76. The Kier molecular flexibility index (Phi) is 3.33. The van der Waals surface area contributed by atoms with Crippen LogP contribution in [0.15, 0.2) is 16.7 Å². The van der Waals surface area contributed by atoms with E-state index in [2.05, 4.69) is 34.8 Å². The molecule has 0 aromatic carbocycles. The fourth-order valence-corrected chi connectivity index (χ4v) is 2.69. The summed E-state index contributed by atoms with van der Waals surface area (Å²) >= 11 is 3.21. The van der Waals surface area contributed by atoms with Crippen LogP contribution in [-0.2, 0) is 0 Å². The summed E-state index contributed by atoms with van der Waals surface area (Å²) in [5.74, 6) is 1.03. The van der Waals surface area contributed by atoms with Gasteiger partial charge in [-0.2, -0.15) is 0 Å². The average Bonchev–Trinajstić information content (AvgIpc) is 2.57. The lowest BCUT2D eigenvalue weighted by atomic mass is 10.1. The van der Waals surface area contributed by atoms with Gasteiger partial charge < -0.3 is 4.90 Å². The fraction of sp³-hybridized carbons (Fsp3) is 0.545. The molecule has 17 heavy (non-hydrogen) atoms. The summed E-state index contributed by atoms with van der Waals surface area (Å²) in [4.78, 5) is 16.9. The molecular weight excluding hydrogens is 286 g/mol. The highest BCUT2D eigenvalue weighted by molar-refractivity contribution is 9.10. The lowest BCUT2D eigenvalue weighted by molar-refractivity contribution is -0.384. The van der Waals surface area contributed by atoms with E-state index in [0.717, 1.165) is 13.0 Å². The van der Waals surface area contributed by atoms with Gasteiger partial charge in [-0.05, 0) is 35.2 Å². The molecule has 2 unspecified atom stereocenters. The molecular formula is C11H14BrN3O2. The van der Waals surface area contributed by atoms with Gasteiger partial charge >= 0.3 is 5.69 Å². The number of nitro groups is 1. The normalized spacial score (nSPS) is 24.1. The van der Waals surface area contributed by atoms with Crippen LogP contribution in [0.1, 0.15) is 20.3 Å². The molecule has 1 aliphatic heterocycles. The van der Waals surface area contributed by atoms with E-state index in [1.165, 1.54) is 6.07 Å².